The average molecular weight is 320 g/mol. The predicted octanol–water partition coefficient (Wildman–Crippen LogP) is 1.64. The number of aromatic nitrogens is 2. The lowest BCUT2D eigenvalue weighted by Gasteiger charge is -2.10. The minimum absolute atomic E-state index is 0.163. The van der Waals surface area contributed by atoms with Gasteiger partial charge in [0.25, 0.3) is 0 Å². The Kier molecular flexibility index (Phi) is 4.68. The van der Waals surface area contributed by atoms with Crippen LogP contribution in [0.4, 0.5) is 10.2 Å². The van der Waals surface area contributed by atoms with Crippen molar-refractivity contribution in [2.24, 2.45) is 0 Å². The predicted molar refractivity (Wildman–Crippen MR) is 79.0 cm³/mol. The monoisotopic (exact) mass is 320 g/mol. The van der Waals surface area contributed by atoms with Gasteiger partial charge in [-0.25, -0.2) is 12.8 Å². The zero-order valence-electron chi connectivity index (χ0n) is 11.7. The number of hydrogen-bond acceptors (Lipinski definition) is 6. The van der Waals surface area contributed by atoms with E-state index in [-0.39, 0.29) is 18.0 Å². The van der Waals surface area contributed by atoms with Crippen molar-refractivity contribution in [2.45, 2.75) is 12.3 Å². The van der Waals surface area contributed by atoms with Crippen LogP contribution in [-0.4, -0.2) is 24.9 Å². The molecule has 0 aliphatic carbocycles. The first-order valence-electron chi connectivity index (χ1n) is 6.30. The number of nitrogens with one attached hydrogen (secondary N) is 1. The van der Waals surface area contributed by atoms with Crippen molar-refractivity contribution in [2.75, 3.05) is 11.6 Å². The molecule has 0 saturated carbocycles. The first-order chi connectivity index (χ1) is 10.4. The van der Waals surface area contributed by atoms with E-state index in [2.05, 4.69) is 15.5 Å². The SMILES string of the molecule is CS(=O)(=O)Cc1ccc(F)cc1CNc1ccc(C#N)nn1. The van der Waals surface area contributed by atoms with Gasteiger partial charge in [0, 0.05) is 12.8 Å². The highest BCUT2D eigenvalue weighted by Gasteiger charge is 2.10. The fraction of sp³-hybridized carbons (Fsp3) is 0.214. The van der Waals surface area contributed by atoms with Gasteiger partial charge in [0.1, 0.15) is 17.7 Å². The molecule has 1 aromatic carbocycles. The van der Waals surface area contributed by atoms with E-state index in [4.69, 9.17) is 5.26 Å². The molecule has 2 rings (SSSR count). The quantitative estimate of drug-likeness (QED) is 0.900. The summed E-state index contributed by atoms with van der Waals surface area (Å²) in [5.41, 5.74) is 1.24. The van der Waals surface area contributed by atoms with Crippen molar-refractivity contribution in [3.63, 3.8) is 0 Å². The number of benzene rings is 1. The first-order valence-corrected chi connectivity index (χ1v) is 8.36. The van der Waals surface area contributed by atoms with Gasteiger partial charge >= 0.3 is 0 Å². The maximum absolute atomic E-state index is 13.4. The third kappa shape index (κ3) is 4.49. The lowest BCUT2D eigenvalue weighted by molar-refractivity contribution is 0.600. The maximum Gasteiger partial charge on any atom is 0.163 e. The van der Waals surface area contributed by atoms with E-state index in [0.29, 0.717) is 16.9 Å². The number of anilines is 1. The average Bonchev–Trinajstić information content (AvgIpc) is 2.47. The van der Waals surface area contributed by atoms with E-state index in [0.717, 1.165) is 6.26 Å². The molecule has 0 amide bonds. The van der Waals surface area contributed by atoms with Crippen LogP contribution in [0.5, 0.6) is 0 Å². The topological polar surface area (TPSA) is 95.7 Å². The minimum Gasteiger partial charge on any atom is -0.364 e. The van der Waals surface area contributed by atoms with Crippen LogP contribution >= 0.6 is 0 Å². The van der Waals surface area contributed by atoms with Crippen molar-refractivity contribution in [1.82, 2.24) is 10.2 Å². The van der Waals surface area contributed by atoms with Gasteiger partial charge in [0.15, 0.2) is 15.5 Å². The number of rotatable bonds is 5. The smallest absolute Gasteiger partial charge is 0.163 e. The molecule has 8 heteroatoms. The van der Waals surface area contributed by atoms with Crippen LogP contribution < -0.4 is 5.32 Å². The van der Waals surface area contributed by atoms with Crippen molar-refractivity contribution in [3.05, 3.63) is 53.0 Å². The summed E-state index contributed by atoms with van der Waals surface area (Å²) in [4.78, 5) is 0. The minimum atomic E-state index is -3.22. The molecule has 0 bridgehead atoms. The summed E-state index contributed by atoms with van der Waals surface area (Å²) >= 11 is 0. The van der Waals surface area contributed by atoms with Gasteiger partial charge in [-0.05, 0) is 35.4 Å². The standard InChI is InChI=1S/C14H13FN4O2S/c1-22(20,21)9-10-2-3-12(15)6-11(10)8-17-14-5-4-13(7-16)18-19-14/h2-6H,8-9H2,1H3,(H,17,19). The Morgan fingerprint density at radius 1 is 1.23 bits per heavy atom. The van der Waals surface area contributed by atoms with Crippen LogP contribution in [0.25, 0.3) is 0 Å². The number of hydrogen-bond donors (Lipinski definition) is 1. The summed E-state index contributed by atoms with van der Waals surface area (Å²) in [6.07, 6.45) is 1.12. The summed E-state index contributed by atoms with van der Waals surface area (Å²) in [6.45, 7) is 0.198. The summed E-state index contributed by atoms with van der Waals surface area (Å²) in [7, 11) is -3.22. The van der Waals surface area contributed by atoms with Crippen LogP contribution in [0.3, 0.4) is 0 Å². The molecule has 2 aromatic rings. The summed E-state index contributed by atoms with van der Waals surface area (Å²) in [5, 5.41) is 19.0. The van der Waals surface area contributed by atoms with E-state index in [1.165, 1.54) is 24.3 Å². The summed E-state index contributed by atoms with van der Waals surface area (Å²) < 4.78 is 36.2. The van der Waals surface area contributed by atoms with Crippen molar-refractivity contribution < 1.29 is 12.8 Å². The van der Waals surface area contributed by atoms with Crippen LogP contribution in [-0.2, 0) is 22.1 Å². The molecule has 0 spiro atoms. The van der Waals surface area contributed by atoms with E-state index in [9.17, 15) is 12.8 Å². The van der Waals surface area contributed by atoms with Gasteiger partial charge in [-0.2, -0.15) is 5.26 Å². The van der Waals surface area contributed by atoms with E-state index in [1.54, 1.807) is 6.07 Å². The molecule has 0 aliphatic rings. The fourth-order valence-corrected chi connectivity index (χ4v) is 2.70. The Morgan fingerprint density at radius 2 is 2.00 bits per heavy atom. The molecule has 0 aliphatic heterocycles. The highest BCUT2D eigenvalue weighted by Crippen LogP contribution is 2.16. The molecule has 22 heavy (non-hydrogen) atoms. The van der Waals surface area contributed by atoms with E-state index >= 15 is 0 Å². The van der Waals surface area contributed by atoms with Crippen molar-refractivity contribution in [3.8, 4) is 6.07 Å². The van der Waals surface area contributed by atoms with E-state index in [1.807, 2.05) is 6.07 Å². The highest BCUT2D eigenvalue weighted by molar-refractivity contribution is 7.89. The Bertz CT molecular complexity index is 814. The number of sulfone groups is 1. The van der Waals surface area contributed by atoms with Gasteiger partial charge < -0.3 is 5.32 Å². The van der Waals surface area contributed by atoms with Crippen LogP contribution in [0.15, 0.2) is 30.3 Å². The molecule has 1 aromatic heterocycles. The van der Waals surface area contributed by atoms with Gasteiger partial charge in [0.05, 0.1) is 5.75 Å². The second-order valence-electron chi connectivity index (χ2n) is 4.75. The Morgan fingerprint density at radius 3 is 2.59 bits per heavy atom. The summed E-state index contributed by atoms with van der Waals surface area (Å²) in [6, 6.07) is 8.89. The zero-order valence-corrected chi connectivity index (χ0v) is 12.6. The lowest BCUT2D eigenvalue weighted by atomic mass is 10.1. The Labute approximate surface area is 127 Å². The zero-order chi connectivity index (χ0) is 16.2. The maximum atomic E-state index is 13.4. The normalized spacial score (nSPS) is 11.0. The molecule has 0 radical (unpaired) electrons. The van der Waals surface area contributed by atoms with Crippen LogP contribution in [0, 0.1) is 17.1 Å². The molecular formula is C14H13FN4O2S. The molecule has 6 nitrogen and oxygen atoms in total. The van der Waals surface area contributed by atoms with Gasteiger partial charge in [-0.15, -0.1) is 10.2 Å². The Hall–Kier alpha value is -2.53. The molecule has 1 N–H and O–H groups in total. The third-order valence-corrected chi connectivity index (χ3v) is 3.66. The second kappa shape index (κ2) is 6.49. The fourth-order valence-electron chi connectivity index (χ4n) is 1.85. The highest BCUT2D eigenvalue weighted by atomic mass is 32.2. The summed E-state index contributed by atoms with van der Waals surface area (Å²) in [5.74, 6) is -0.197. The molecule has 0 unspecified atom stereocenters. The number of nitrogens with zero attached hydrogens (tertiary/aromatic N) is 3. The molecule has 0 fully saturated rings. The second-order valence-corrected chi connectivity index (χ2v) is 6.89. The van der Waals surface area contributed by atoms with Crippen LogP contribution in [0.2, 0.25) is 0 Å². The number of halogens is 1. The molecule has 0 atom stereocenters. The molecule has 1 heterocycles. The lowest BCUT2D eigenvalue weighted by Crippen LogP contribution is -2.09. The van der Waals surface area contributed by atoms with Gasteiger partial charge in [-0.3, -0.25) is 0 Å². The van der Waals surface area contributed by atoms with Gasteiger partial charge in [-0.1, -0.05) is 6.07 Å². The third-order valence-electron chi connectivity index (χ3n) is 2.83. The van der Waals surface area contributed by atoms with Crippen molar-refractivity contribution >= 4 is 15.7 Å². The number of nitriles is 1. The molecule has 114 valence electrons. The molecule has 0 saturated heterocycles. The van der Waals surface area contributed by atoms with E-state index < -0.39 is 15.7 Å². The largest absolute Gasteiger partial charge is 0.364 e. The Balaban J connectivity index is 2.17. The first kappa shape index (κ1) is 15.9. The molecular weight excluding hydrogens is 307 g/mol. The van der Waals surface area contributed by atoms with Gasteiger partial charge in [0.2, 0.25) is 0 Å². The van der Waals surface area contributed by atoms with Crippen LogP contribution in [0.1, 0.15) is 16.8 Å². The van der Waals surface area contributed by atoms with Crippen molar-refractivity contribution in [1.29, 1.82) is 5.26 Å².